The van der Waals surface area contributed by atoms with Gasteiger partial charge in [0.25, 0.3) is 5.91 Å². The van der Waals surface area contributed by atoms with Crippen molar-refractivity contribution in [1.29, 1.82) is 0 Å². The Morgan fingerprint density at radius 3 is 2.28 bits per heavy atom. The predicted octanol–water partition coefficient (Wildman–Crippen LogP) is 0.347. The van der Waals surface area contributed by atoms with Gasteiger partial charge in [-0.3, -0.25) is 10.1 Å². The van der Waals surface area contributed by atoms with E-state index in [1.165, 1.54) is 31.2 Å². The molecule has 7 heteroatoms. The third-order valence-corrected chi connectivity index (χ3v) is 2.03. The molecule has 1 atom stereocenters. The van der Waals surface area contributed by atoms with Gasteiger partial charge in [0.15, 0.2) is 6.10 Å². The maximum Gasteiger partial charge on any atom is 0.335 e. The van der Waals surface area contributed by atoms with Gasteiger partial charge in [0, 0.05) is 0 Å². The number of primary amides is 1. The Balaban J connectivity index is 2.64. The van der Waals surface area contributed by atoms with Crippen LogP contribution in [-0.2, 0) is 4.79 Å². The summed E-state index contributed by atoms with van der Waals surface area (Å²) in [5, 5.41) is 10.6. The van der Waals surface area contributed by atoms with Crippen molar-refractivity contribution >= 4 is 17.9 Å². The number of benzene rings is 1. The van der Waals surface area contributed by atoms with Crippen LogP contribution in [0.2, 0.25) is 0 Å². The third-order valence-electron chi connectivity index (χ3n) is 2.03. The van der Waals surface area contributed by atoms with Crippen molar-refractivity contribution in [2.75, 3.05) is 0 Å². The number of hydrogen-bond donors (Lipinski definition) is 3. The molecule has 1 aromatic carbocycles. The Morgan fingerprint density at radius 2 is 1.83 bits per heavy atom. The van der Waals surface area contributed by atoms with Gasteiger partial charge in [-0.1, -0.05) is 0 Å². The highest BCUT2D eigenvalue weighted by Gasteiger charge is 2.16. The quantitative estimate of drug-likeness (QED) is 0.714. The topological polar surface area (TPSA) is 119 Å². The molecule has 0 saturated carbocycles. The number of urea groups is 1. The number of amides is 3. The summed E-state index contributed by atoms with van der Waals surface area (Å²) in [6.45, 7) is 1.43. The predicted molar refractivity (Wildman–Crippen MR) is 61.2 cm³/mol. The summed E-state index contributed by atoms with van der Waals surface area (Å²) in [6, 6.07) is 4.55. The van der Waals surface area contributed by atoms with Crippen molar-refractivity contribution in [3.05, 3.63) is 29.8 Å². The van der Waals surface area contributed by atoms with Crippen LogP contribution in [0.4, 0.5) is 4.79 Å². The van der Waals surface area contributed by atoms with E-state index in [-0.39, 0.29) is 5.56 Å². The second-order valence-corrected chi connectivity index (χ2v) is 3.44. The molecule has 0 saturated heterocycles. The van der Waals surface area contributed by atoms with Crippen LogP contribution in [0.1, 0.15) is 17.3 Å². The Bertz CT molecular complexity index is 469. The summed E-state index contributed by atoms with van der Waals surface area (Å²) in [5.74, 6) is -1.42. The molecule has 18 heavy (non-hydrogen) atoms. The number of imide groups is 1. The molecule has 96 valence electrons. The molecule has 0 radical (unpaired) electrons. The average Bonchev–Trinajstić information content (AvgIpc) is 2.28. The van der Waals surface area contributed by atoms with Crippen molar-refractivity contribution in [1.82, 2.24) is 5.32 Å². The number of carboxylic acids is 1. The lowest BCUT2D eigenvalue weighted by molar-refractivity contribution is -0.126. The first-order valence-electron chi connectivity index (χ1n) is 5.00. The average molecular weight is 252 g/mol. The lowest BCUT2D eigenvalue weighted by Gasteiger charge is -2.13. The number of carboxylic acid groups (broad SMARTS) is 1. The van der Waals surface area contributed by atoms with E-state index in [4.69, 9.17) is 15.6 Å². The molecule has 0 fully saturated rings. The van der Waals surface area contributed by atoms with Gasteiger partial charge < -0.3 is 15.6 Å². The van der Waals surface area contributed by atoms with E-state index in [1.807, 2.05) is 5.32 Å². The van der Waals surface area contributed by atoms with Crippen LogP contribution in [0.3, 0.4) is 0 Å². The van der Waals surface area contributed by atoms with Crippen molar-refractivity contribution in [2.24, 2.45) is 5.73 Å². The molecular formula is C11H12N2O5. The number of nitrogens with one attached hydrogen (secondary N) is 1. The number of ether oxygens (including phenoxy) is 1. The van der Waals surface area contributed by atoms with E-state index >= 15 is 0 Å². The fraction of sp³-hybridized carbons (Fsp3) is 0.182. The number of aromatic carboxylic acids is 1. The van der Waals surface area contributed by atoms with Crippen LogP contribution in [-0.4, -0.2) is 29.1 Å². The molecule has 0 aromatic heterocycles. The highest BCUT2D eigenvalue weighted by atomic mass is 16.5. The smallest absolute Gasteiger partial charge is 0.335 e. The summed E-state index contributed by atoms with van der Waals surface area (Å²) < 4.78 is 5.20. The molecule has 0 heterocycles. The molecular weight excluding hydrogens is 240 g/mol. The summed E-state index contributed by atoms with van der Waals surface area (Å²) in [6.07, 6.45) is -0.923. The zero-order chi connectivity index (χ0) is 13.7. The Morgan fingerprint density at radius 1 is 1.28 bits per heavy atom. The fourth-order valence-electron chi connectivity index (χ4n) is 1.16. The number of carbonyl (C=O) groups is 3. The first-order valence-corrected chi connectivity index (χ1v) is 5.00. The third kappa shape index (κ3) is 3.78. The highest BCUT2D eigenvalue weighted by molar-refractivity contribution is 5.95. The molecule has 1 unspecified atom stereocenters. The molecule has 0 aliphatic carbocycles. The number of rotatable bonds is 4. The molecule has 1 aromatic rings. The first-order chi connectivity index (χ1) is 8.40. The summed E-state index contributed by atoms with van der Waals surface area (Å²) in [7, 11) is 0. The Hall–Kier alpha value is -2.57. The normalized spacial score (nSPS) is 11.4. The van der Waals surface area contributed by atoms with E-state index in [0.29, 0.717) is 5.75 Å². The molecule has 3 amide bonds. The van der Waals surface area contributed by atoms with Gasteiger partial charge in [-0.05, 0) is 31.2 Å². The Labute approximate surface area is 103 Å². The van der Waals surface area contributed by atoms with Crippen LogP contribution in [0.15, 0.2) is 24.3 Å². The molecule has 4 N–H and O–H groups in total. The lowest BCUT2D eigenvalue weighted by Crippen LogP contribution is -2.42. The Kier molecular flexibility index (Phi) is 4.25. The summed E-state index contributed by atoms with van der Waals surface area (Å²) >= 11 is 0. The minimum Gasteiger partial charge on any atom is -0.481 e. The largest absolute Gasteiger partial charge is 0.481 e. The monoisotopic (exact) mass is 252 g/mol. The second kappa shape index (κ2) is 5.67. The number of carbonyl (C=O) groups excluding carboxylic acids is 2. The zero-order valence-corrected chi connectivity index (χ0v) is 9.54. The van der Waals surface area contributed by atoms with E-state index in [9.17, 15) is 14.4 Å². The maximum atomic E-state index is 11.3. The van der Waals surface area contributed by atoms with Gasteiger partial charge in [0.1, 0.15) is 5.75 Å². The molecule has 0 spiro atoms. The van der Waals surface area contributed by atoms with Crippen LogP contribution < -0.4 is 15.8 Å². The van der Waals surface area contributed by atoms with E-state index < -0.39 is 24.0 Å². The molecule has 0 aliphatic rings. The van der Waals surface area contributed by atoms with Gasteiger partial charge in [-0.15, -0.1) is 0 Å². The molecule has 7 nitrogen and oxygen atoms in total. The van der Waals surface area contributed by atoms with Gasteiger partial charge in [0.05, 0.1) is 5.56 Å². The van der Waals surface area contributed by atoms with E-state index in [2.05, 4.69) is 0 Å². The minimum atomic E-state index is -1.05. The maximum absolute atomic E-state index is 11.3. The van der Waals surface area contributed by atoms with E-state index in [1.54, 1.807) is 0 Å². The van der Waals surface area contributed by atoms with Crippen LogP contribution in [0, 0.1) is 0 Å². The summed E-state index contributed by atoms with van der Waals surface area (Å²) in [5.41, 5.74) is 4.89. The summed E-state index contributed by atoms with van der Waals surface area (Å²) in [4.78, 5) is 32.4. The SMILES string of the molecule is CC(Oc1ccc(C(=O)O)cc1)C(=O)NC(N)=O. The first kappa shape index (κ1) is 13.5. The number of hydrogen-bond acceptors (Lipinski definition) is 4. The van der Waals surface area contributed by atoms with Crippen molar-refractivity contribution in [2.45, 2.75) is 13.0 Å². The zero-order valence-electron chi connectivity index (χ0n) is 9.54. The van der Waals surface area contributed by atoms with E-state index in [0.717, 1.165) is 0 Å². The molecule has 0 bridgehead atoms. The van der Waals surface area contributed by atoms with Gasteiger partial charge >= 0.3 is 12.0 Å². The van der Waals surface area contributed by atoms with Gasteiger partial charge in [-0.25, -0.2) is 9.59 Å². The van der Waals surface area contributed by atoms with Crippen LogP contribution >= 0.6 is 0 Å². The second-order valence-electron chi connectivity index (χ2n) is 3.44. The van der Waals surface area contributed by atoms with Crippen molar-refractivity contribution in [3.63, 3.8) is 0 Å². The van der Waals surface area contributed by atoms with Crippen molar-refractivity contribution in [3.8, 4) is 5.75 Å². The number of nitrogens with two attached hydrogens (primary N) is 1. The fourth-order valence-corrected chi connectivity index (χ4v) is 1.16. The van der Waals surface area contributed by atoms with Crippen LogP contribution in [0.5, 0.6) is 5.75 Å². The molecule has 1 rings (SSSR count). The van der Waals surface area contributed by atoms with Gasteiger partial charge in [0.2, 0.25) is 0 Å². The highest BCUT2D eigenvalue weighted by Crippen LogP contribution is 2.13. The van der Waals surface area contributed by atoms with Gasteiger partial charge in [-0.2, -0.15) is 0 Å². The van der Waals surface area contributed by atoms with Crippen molar-refractivity contribution < 1.29 is 24.2 Å². The minimum absolute atomic E-state index is 0.108. The standard InChI is InChI=1S/C11H12N2O5/c1-6(9(14)13-11(12)17)18-8-4-2-7(3-5-8)10(15)16/h2-6H,1H3,(H,15,16)(H3,12,13,14,17). The van der Waals surface area contributed by atoms with Crippen LogP contribution in [0.25, 0.3) is 0 Å². The molecule has 0 aliphatic heterocycles. The lowest BCUT2D eigenvalue weighted by atomic mass is 10.2.